The molecule has 10 heteroatoms. The Bertz CT molecular complexity index is 1280. The summed E-state index contributed by atoms with van der Waals surface area (Å²) in [4.78, 5) is 16.5. The van der Waals surface area contributed by atoms with Crippen molar-refractivity contribution in [2.45, 2.75) is 85.7 Å². The zero-order chi connectivity index (χ0) is 30.7. The highest BCUT2D eigenvalue weighted by molar-refractivity contribution is 6.11. The van der Waals surface area contributed by atoms with Crippen LogP contribution in [0.25, 0.3) is 17.5 Å². The number of aromatic nitrogens is 5. The molecular weight excluding hydrogens is 526 g/mol. The second-order valence-corrected chi connectivity index (χ2v) is 11.9. The molecule has 1 aliphatic rings. The molecule has 2 aromatic heterocycles. The number of allylic oxidation sites excluding steroid dienone is 3. The SMILES string of the molecule is C=C(C=N/C(=C\CC)C(C)(C)C)c1cnn(/C=C/COCN)c1/N=C/C(C)CC1CCCC(C)N1C(=C)c1ncn[nH]1. The first-order chi connectivity index (χ1) is 20.1. The molecule has 1 fully saturated rings. The number of nitrogens with zero attached hydrogens (tertiary/aromatic N) is 7. The van der Waals surface area contributed by atoms with Crippen LogP contribution in [0.4, 0.5) is 5.82 Å². The number of nitrogens with two attached hydrogens (primary N) is 1. The molecule has 10 nitrogen and oxygen atoms in total. The third-order valence-electron chi connectivity index (χ3n) is 7.34. The van der Waals surface area contributed by atoms with Crippen LogP contribution in [0.15, 0.2) is 53.5 Å². The number of hydrogen-bond donors (Lipinski definition) is 2. The number of aliphatic imine (C=N–C) groups is 2. The molecule has 3 atom stereocenters. The van der Waals surface area contributed by atoms with Gasteiger partial charge in [-0.25, -0.2) is 14.7 Å². The largest absolute Gasteiger partial charge is 0.363 e. The Labute approximate surface area is 251 Å². The fourth-order valence-corrected chi connectivity index (χ4v) is 5.22. The van der Waals surface area contributed by atoms with E-state index in [4.69, 9.17) is 20.5 Å². The van der Waals surface area contributed by atoms with Gasteiger partial charge in [0.1, 0.15) is 6.33 Å². The number of nitrogens with one attached hydrogen (secondary N) is 1. The van der Waals surface area contributed by atoms with Crippen molar-refractivity contribution in [3.8, 4) is 0 Å². The van der Waals surface area contributed by atoms with Gasteiger partial charge in [-0.05, 0) is 56.6 Å². The number of ether oxygens (including phenoxy) is 1. The number of aromatic amines is 1. The molecule has 42 heavy (non-hydrogen) atoms. The summed E-state index contributed by atoms with van der Waals surface area (Å²) in [5.41, 5.74) is 8.88. The lowest BCUT2D eigenvalue weighted by Gasteiger charge is -2.43. The van der Waals surface area contributed by atoms with Gasteiger partial charge in [-0.3, -0.25) is 10.1 Å². The minimum Gasteiger partial charge on any atom is -0.363 e. The van der Waals surface area contributed by atoms with Gasteiger partial charge in [0.15, 0.2) is 11.6 Å². The van der Waals surface area contributed by atoms with Crippen LogP contribution in [0.5, 0.6) is 0 Å². The molecule has 0 bridgehead atoms. The maximum atomic E-state index is 5.46. The summed E-state index contributed by atoms with van der Waals surface area (Å²) in [6.07, 6.45) is 18.2. The molecule has 1 saturated heterocycles. The summed E-state index contributed by atoms with van der Waals surface area (Å²) >= 11 is 0. The second-order valence-electron chi connectivity index (χ2n) is 11.9. The Kier molecular flexibility index (Phi) is 12.2. The topological polar surface area (TPSA) is 123 Å². The normalized spacial score (nSPS) is 19.4. The Morgan fingerprint density at radius 3 is 2.76 bits per heavy atom. The molecule has 0 spiro atoms. The zero-order valence-corrected chi connectivity index (χ0v) is 26.3. The first-order valence-corrected chi connectivity index (χ1v) is 14.9. The molecule has 0 aliphatic carbocycles. The van der Waals surface area contributed by atoms with E-state index in [1.165, 1.54) is 12.7 Å². The average molecular weight is 576 g/mol. The van der Waals surface area contributed by atoms with Gasteiger partial charge in [0.2, 0.25) is 0 Å². The first kappa shape index (κ1) is 32.9. The number of H-pyrrole nitrogens is 1. The zero-order valence-electron chi connectivity index (χ0n) is 26.3. The van der Waals surface area contributed by atoms with Crippen molar-refractivity contribution in [2.24, 2.45) is 27.1 Å². The van der Waals surface area contributed by atoms with E-state index in [2.05, 4.69) is 86.0 Å². The molecule has 2 aromatic rings. The molecule has 1 aliphatic heterocycles. The fourth-order valence-electron chi connectivity index (χ4n) is 5.22. The maximum Gasteiger partial charge on any atom is 0.171 e. The predicted molar refractivity (Wildman–Crippen MR) is 174 cm³/mol. The molecule has 3 unspecified atom stereocenters. The number of rotatable bonds is 14. The van der Waals surface area contributed by atoms with Gasteiger partial charge >= 0.3 is 0 Å². The van der Waals surface area contributed by atoms with Gasteiger partial charge < -0.3 is 15.4 Å². The number of likely N-dealkylation sites (tertiary alicyclic amines) is 1. The molecule has 0 aromatic carbocycles. The quantitative estimate of drug-likeness (QED) is 0.151. The van der Waals surface area contributed by atoms with Crippen LogP contribution in [0.2, 0.25) is 0 Å². The highest BCUT2D eigenvalue weighted by Gasteiger charge is 2.31. The Hall–Kier alpha value is -3.63. The molecular formula is C32H49N9O. The number of hydrogen-bond acceptors (Lipinski definition) is 8. The summed E-state index contributed by atoms with van der Waals surface area (Å²) in [6.45, 7) is 22.3. The van der Waals surface area contributed by atoms with Crippen LogP contribution in [-0.4, -0.2) is 67.7 Å². The highest BCUT2D eigenvalue weighted by Crippen LogP contribution is 2.33. The van der Waals surface area contributed by atoms with Gasteiger partial charge in [0, 0.05) is 47.4 Å². The lowest BCUT2D eigenvalue weighted by atomic mass is 9.90. The first-order valence-electron chi connectivity index (χ1n) is 14.9. The van der Waals surface area contributed by atoms with Crippen LogP contribution >= 0.6 is 0 Å². The summed E-state index contributed by atoms with van der Waals surface area (Å²) < 4.78 is 7.00. The van der Waals surface area contributed by atoms with Crippen LogP contribution in [0, 0.1) is 11.3 Å². The van der Waals surface area contributed by atoms with Gasteiger partial charge in [0.05, 0.1) is 25.2 Å². The van der Waals surface area contributed by atoms with E-state index in [-0.39, 0.29) is 18.1 Å². The van der Waals surface area contributed by atoms with Crippen molar-refractivity contribution in [2.75, 3.05) is 13.3 Å². The smallest absolute Gasteiger partial charge is 0.171 e. The van der Waals surface area contributed by atoms with Crippen LogP contribution in [0.1, 0.15) is 85.0 Å². The summed E-state index contributed by atoms with van der Waals surface area (Å²) in [6, 6.07) is 0.704. The van der Waals surface area contributed by atoms with Crippen molar-refractivity contribution in [3.05, 3.63) is 54.9 Å². The highest BCUT2D eigenvalue weighted by atomic mass is 16.5. The van der Waals surface area contributed by atoms with Crippen LogP contribution < -0.4 is 5.73 Å². The van der Waals surface area contributed by atoms with Crippen molar-refractivity contribution < 1.29 is 4.74 Å². The molecule has 0 saturated carbocycles. The molecule has 3 N–H and O–H groups in total. The van der Waals surface area contributed by atoms with E-state index in [0.717, 1.165) is 54.0 Å². The van der Waals surface area contributed by atoms with E-state index < -0.39 is 0 Å². The summed E-state index contributed by atoms with van der Waals surface area (Å²) in [5, 5.41) is 11.6. The summed E-state index contributed by atoms with van der Waals surface area (Å²) in [5.74, 6) is 1.62. The van der Waals surface area contributed by atoms with E-state index in [9.17, 15) is 0 Å². The third-order valence-corrected chi connectivity index (χ3v) is 7.34. The van der Waals surface area contributed by atoms with Gasteiger partial charge in [-0.15, -0.1) is 0 Å². The average Bonchev–Trinajstić information content (AvgIpc) is 3.62. The maximum absolute atomic E-state index is 5.46. The van der Waals surface area contributed by atoms with Crippen LogP contribution in [0.3, 0.4) is 0 Å². The van der Waals surface area contributed by atoms with E-state index in [1.807, 2.05) is 24.7 Å². The monoisotopic (exact) mass is 575 g/mol. The fraction of sp³-hybridized carbons (Fsp3) is 0.531. The lowest BCUT2D eigenvalue weighted by molar-refractivity contribution is 0.151. The molecule has 3 rings (SSSR count). The Morgan fingerprint density at radius 2 is 2.10 bits per heavy atom. The van der Waals surface area contributed by atoms with Crippen molar-refractivity contribution >= 4 is 35.7 Å². The number of piperidine rings is 1. The molecule has 0 amide bonds. The molecule has 228 valence electrons. The Balaban J connectivity index is 1.84. The summed E-state index contributed by atoms with van der Waals surface area (Å²) in [7, 11) is 0. The predicted octanol–water partition coefficient (Wildman–Crippen LogP) is 6.47. The van der Waals surface area contributed by atoms with Crippen molar-refractivity contribution in [1.29, 1.82) is 0 Å². The van der Waals surface area contributed by atoms with Crippen LogP contribution in [-0.2, 0) is 4.74 Å². The third kappa shape index (κ3) is 8.93. The molecule has 0 radical (unpaired) electrons. The second kappa shape index (κ2) is 15.6. The molecule has 3 heterocycles. The lowest BCUT2D eigenvalue weighted by Crippen LogP contribution is -2.44. The van der Waals surface area contributed by atoms with Gasteiger partial charge in [0.25, 0.3) is 0 Å². The standard InChI is InChI=1S/C32H49N9O/c1-9-12-29(32(6,7)8)34-19-24(3)28-20-38-40(15-11-16-42-21-33)31(28)35-18-23(2)17-27-14-10-13-25(4)41(27)26(5)30-36-22-37-39-30/h11-12,15,18-20,22-23,25,27H,3,5,9-10,13-14,16-17,21,33H2,1-2,4,6-8H3,(H,36,37,39)/b15-11+,29-12-,34-19?,35-18+. The minimum atomic E-state index is -0.0671. The van der Waals surface area contributed by atoms with Crippen molar-refractivity contribution in [3.63, 3.8) is 0 Å². The van der Waals surface area contributed by atoms with Crippen molar-refractivity contribution in [1.82, 2.24) is 29.9 Å². The van der Waals surface area contributed by atoms with E-state index in [1.54, 1.807) is 10.9 Å². The minimum absolute atomic E-state index is 0.0671. The van der Waals surface area contributed by atoms with Gasteiger partial charge in [-0.1, -0.05) is 53.9 Å². The van der Waals surface area contributed by atoms with E-state index in [0.29, 0.717) is 24.5 Å². The van der Waals surface area contributed by atoms with E-state index >= 15 is 0 Å². The Morgan fingerprint density at radius 1 is 1.31 bits per heavy atom. The van der Waals surface area contributed by atoms with Gasteiger partial charge in [-0.2, -0.15) is 10.2 Å².